The summed E-state index contributed by atoms with van der Waals surface area (Å²) in [5, 5.41) is 3.29. The molecule has 1 N–H and O–H groups in total. The number of nitrogens with one attached hydrogen (secondary N) is 1. The Bertz CT molecular complexity index is 774. The quantitative estimate of drug-likeness (QED) is 0.351. The van der Waals surface area contributed by atoms with Crippen LogP contribution in [0.5, 0.6) is 0 Å². The molecule has 1 aromatic carbocycles. The highest BCUT2D eigenvalue weighted by Gasteiger charge is 2.45. The molecule has 1 aromatic rings. The Kier molecular flexibility index (Phi) is 10.3. The number of benzene rings is 1. The topological polar surface area (TPSA) is 67.4 Å². The van der Waals surface area contributed by atoms with Crippen molar-refractivity contribution in [1.82, 2.24) is 5.32 Å². The lowest BCUT2D eigenvalue weighted by Gasteiger charge is -2.39. The Balaban J connectivity index is 1.14. The van der Waals surface area contributed by atoms with Crippen molar-refractivity contribution in [2.75, 3.05) is 79.2 Å². The van der Waals surface area contributed by atoms with E-state index in [0.717, 1.165) is 18.7 Å². The third-order valence-corrected chi connectivity index (χ3v) is 5.00. The molecule has 2 aliphatic rings. The highest BCUT2D eigenvalue weighted by atomic mass is 16.6. The standard InChI is InChI=1S/C24H31NO6/c1-2-7-26-9-11-28-13-15-30-16-14-29-12-10-27-8-3-4-21-5-6-23-22(17-21)18-31-24(23)19-25-20-24/h1,5-6,17,25H,7-16,18-20H2. The first kappa shape index (κ1) is 23.7. The Labute approximate surface area is 184 Å². The number of fused-ring (bicyclic) bond motifs is 2. The zero-order chi connectivity index (χ0) is 21.6. The molecule has 0 amide bonds. The summed E-state index contributed by atoms with van der Waals surface area (Å²) >= 11 is 0. The van der Waals surface area contributed by atoms with E-state index in [2.05, 4.69) is 41.3 Å². The molecule has 7 nitrogen and oxygen atoms in total. The van der Waals surface area contributed by atoms with Crippen LogP contribution in [0.4, 0.5) is 0 Å². The zero-order valence-corrected chi connectivity index (χ0v) is 18.0. The fourth-order valence-corrected chi connectivity index (χ4v) is 3.34. The number of ether oxygens (including phenoxy) is 6. The first-order chi connectivity index (χ1) is 15.3. The fraction of sp³-hybridized carbons (Fsp3) is 0.583. The van der Waals surface area contributed by atoms with E-state index in [9.17, 15) is 0 Å². The maximum atomic E-state index is 5.97. The van der Waals surface area contributed by atoms with Gasteiger partial charge in [0.25, 0.3) is 0 Å². The average Bonchev–Trinajstić information content (AvgIpc) is 3.15. The Hall–Kier alpha value is -1.94. The second-order valence-corrected chi connectivity index (χ2v) is 7.21. The van der Waals surface area contributed by atoms with Gasteiger partial charge in [-0.3, -0.25) is 0 Å². The van der Waals surface area contributed by atoms with Crippen molar-refractivity contribution in [3.8, 4) is 24.2 Å². The third kappa shape index (κ3) is 7.60. The molecule has 0 unspecified atom stereocenters. The van der Waals surface area contributed by atoms with E-state index in [1.807, 2.05) is 0 Å². The van der Waals surface area contributed by atoms with Gasteiger partial charge in [0.2, 0.25) is 0 Å². The molecule has 0 radical (unpaired) electrons. The van der Waals surface area contributed by atoms with Gasteiger partial charge in [0.1, 0.15) is 18.8 Å². The monoisotopic (exact) mass is 429 g/mol. The van der Waals surface area contributed by atoms with Crippen molar-refractivity contribution in [1.29, 1.82) is 0 Å². The van der Waals surface area contributed by atoms with Gasteiger partial charge in [0.15, 0.2) is 0 Å². The van der Waals surface area contributed by atoms with Crippen molar-refractivity contribution in [3.63, 3.8) is 0 Å². The summed E-state index contributed by atoms with van der Waals surface area (Å²) < 4.78 is 32.8. The fourth-order valence-electron chi connectivity index (χ4n) is 3.34. The molecule has 0 aromatic heterocycles. The predicted molar refractivity (Wildman–Crippen MR) is 116 cm³/mol. The third-order valence-electron chi connectivity index (χ3n) is 5.00. The van der Waals surface area contributed by atoms with Crippen molar-refractivity contribution in [2.45, 2.75) is 12.2 Å². The first-order valence-corrected chi connectivity index (χ1v) is 10.6. The van der Waals surface area contributed by atoms with Crippen molar-refractivity contribution in [2.24, 2.45) is 0 Å². The van der Waals surface area contributed by atoms with Gasteiger partial charge in [-0.05, 0) is 23.3 Å². The molecule has 0 atom stereocenters. The van der Waals surface area contributed by atoms with E-state index in [0.29, 0.717) is 72.7 Å². The second kappa shape index (κ2) is 13.5. The number of hydrogen-bond donors (Lipinski definition) is 1. The highest BCUT2D eigenvalue weighted by molar-refractivity contribution is 5.46. The van der Waals surface area contributed by atoms with Crippen LogP contribution in [0.15, 0.2) is 18.2 Å². The predicted octanol–water partition coefficient (Wildman–Crippen LogP) is 1.08. The molecule has 0 aliphatic carbocycles. The summed E-state index contributed by atoms with van der Waals surface area (Å²) in [7, 11) is 0. The summed E-state index contributed by atoms with van der Waals surface area (Å²) in [6.45, 7) is 7.28. The molecular formula is C24H31NO6. The summed E-state index contributed by atoms with van der Waals surface area (Å²) in [6, 6.07) is 6.32. The zero-order valence-electron chi connectivity index (χ0n) is 18.0. The minimum Gasteiger partial charge on any atom is -0.377 e. The molecule has 31 heavy (non-hydrogen) atoms. The van der Waals surface area contributed by atoms with Gasteiger partial charge in [-0.1, -0.05) is 23.8 Å². The van der Waals surface area contributed by atoms with Crippen LogP contribution in [-0.2, 0) is 40.6 Å². The second-order valence-electron chi connectivity index (χ2n) is 7.21. The average molecular weight is 430 g/mol. The molecule has 1 fully saturated rings. The van der Waals surface area contributed by atoms with Crippen molar-refractivity contribution >= 4 is 0 Å². The molecule has 168 valence electrons. The summed E-state index contributed by atoms with van der Waals surface area (Å²) in [5.74, 6) is 8.60. The molecular weight excluding hydrogens is 398 g/mol. The molecule has 1 saturated heterocycles. The lowest BCUT2D eigenvalue weighted by molar-refractivity contribution is -0.0746. The Morgan fingerprint density at radius 2 is 1.48 bits per heavy atom. The van der Waals surface area contributed by atoms with Gasteiger partial charge in [0, 0.05) is 18.7 Å². The highest BCUT2D eigenvalue weighted by Crippen LogP contribution is 2.39. The minimum absolute atomic E-state index is 0.0961. The van der Waals surface area contributed by atoms with E-state index in [1.54, 1.807) is 0 Å². The van der Waals surface area contributed by atoms with Gasteiger partial charge in [0.05, 0.1) is 59.5 Å². The molecule has 0 bridgehead atoms. The first-order valence-electron chi connectivity index (χ1n) is 10.6. The molecule has 1 spiro atoms. The van der Waals surface area contributed by atoms with Crippen LogP contribution in [0.2, 0.25) is 0 Å². The SMILES string of the molecule is C#CCOCCOCCOCCOCCOCC#Cc1ccc2c(c1)COC21CNC1. The van der Waals surface area contributed by atoms with Gasteiger partial charge in [-0.15, -0.1) is 6.42 Å². The van der Waals surface area contributed by atoms with Gasteiger partial charge < -0.3 is 33.7 Å². The Morgan fingerprint density at radius 3 is 2.06 bits per heavy atom. The van der Waals surface area contributed by atoms with Crippen molar-refractivity contribution in [3.05, 3.63) is 34.9 Å². The summed E-state index contributed by atoms with van der Waals surface area (Å²) in [4.78, 5) is 0. The van der Waals surface area contributed by atoms with E-state index >= 15 is 0 Å². The van der Waals surface area contributed by atoms with E-state index in [1.165, 1.54) is 11.1 Å². The van der Waals surface area contributed by atoms with Crippen LogP contribution in [0.25, 0.3) is 0 Å². The lowest BCUT2D eigenvalue weighted by Crippen LogP contribution is -2.56. The maximum Gasteiger partial charge on any atom is 0.119 e. The number of rotatable bonds is 14. The minimum atomic E-state index is -0.0961. The van der Waals surface area contributed by atoms with E-state index in [4.69, 9.17) is 34.8 Å². The molecule has 7 heteroatoms. The lowest BCUT2D eigenvalue weighted by atomic mass is 9.87. The van der Waals surface area contributed by atoms with E-state index in [-0.39, 0.29) is 5.60 Å². The van der Waals surface area contributed by atoms with Gasteiger partial charge in [-0.2, -0.15) is 0 Å². The van der Waals surface area contributed by atoms with Crippen LogP contribution >= 0.6 is 0 Å². The largest absolute Gasteiger partial charge is 0.377 e. The number of terminal acetylenes is 1. The van der Waals surface area contributed by atoms with Gasteiger partial charge >= 0.3 is 0 Å². The summed E-state index contributed by atoms with van der Waals surface area (Å²) in [5.41, 5.74) is 3.44. The smallest absolute Gasteiger partial charge is 0.119 e. The van der Waals surface area contributed by atoms with Crippen LogP contribution in [0.1, 0.15) is 16.7 Å². The summed E-state index contributed by atoms with van der Waals surface area (Å²) in [6.07, 6.45) is 5.07. The number of hydrogen-bond acceptors (Lipinski definition) is 7. The maximum absolute atomic E-state index is 5.97. The molecule has 2 heterocycles. The molecule has 2 aliphatic heterocycles. The molecule has 0 saturated carbocycles. The van der Waals surface area contributed by atoms with E-state index < -0.39 is 0 Å². The van der Waals surface area contributed by atoms with Crippen LogP contribution in [-0.4, -0.2) is 79.2 Å². The van der Waals surface area contributed by atoms with Crippen molar-refractivity contribution < 1.29 is 28.4 Å². The van der Waals surface area contributed by atoms with Gasteiger partial charge in [-0.25, -0.2) is 0 Å². The normalized spacial score (nSPS) is 15.7. The van der Waals surface area contributed by atoms with Crippen LogP contribution < -0.4 is 5.32 Å². The molecule has 3 rings (SSSR count). The Morgan fingerprint density at radius 1 is 0.871 bits per heavy atom. The van der Waals surface area contributed by atoms with Crippen LogP contribution in [0, 0.1) is 24.2 Å². The van der Waals surface area contributed by atoms with Crippen LogP contribution in [0.3, 0.4) is 0 Å².